The van der Waals surface area contributed by atoms with Gasteiger partial charge in [0.2, 0.25) is 0 Å². The van der Waals surface area contributed by atoms with Gasteiger partial charge in [0.25, 0.3) is 5.91 Å². The molecule has 0 spiro atoms. The molecule has 3 aromatic carbocycles. The minimum absolute atomic E-state index is 0.0626. The Hall–Kier alpha value is -4.65. The van der Waals surface area contributed by atoms with Crippen LogP contribution in [0.2, 0.25) is 0 Å². The number of ether oxygens (including phenoxy) is 1. The Morgan fingerprint density at radius 2 is 1.75 bits per heavy atom. The average molecular weight is 483 g/mol. The van der Waals surface area contributed by atoms with Crippen LogP contribution in [-0.2, 0) is 6.54 Å². The summed E-state index contributed by atoms with van der Waals surface area (Å²) in [4.78, 5) is 38.8. The monoisotopic (exact) mass is 482 g/mol. The Bertz CT molecular complexity index is 1490. The van der Waals surface area contributed by atoms with E-state index in [1.807, 2.05) is 36.4 Å². The molecule has 0 fully saturated rings. The quantitative estimate of drug-likeness (QED) is 0.194. The van der Waals surface area contributed by atoms with Crippen LogP contribution in [-0.4, -0.2) is 25.3 Å². The van der Waals surface area contributed by atoms with Gasteiger partial charge >= 0.3 is 5.63 Å². The molecule has 0 aliphatic heterocycles. The Morgan fingerprint density at radius 3 is 2.44 bits per heavy atom. The van der Waals surface area contributed by atoms with Gasteiger partial charge in [-0.25, -0.2) is 4.79 Å². The molecule has 0 radical (unpaired) electrons. The molecule has 36 heavy (non-hydrogen) atoms. The van der Waals surface area contributed by atoms with Gasteiger partial charge in [0.05, 0.1) is 18.5 Å². The maximum Gasteiger partial charge on any atom is 0.336 e. The highest BCUT2D eigenvalue weighted by molar-refractivity contribution is 6.08. The number of carbonyl (C=O) groups is 2. The van der Waals surface area contributed by atoms with Crippen LogP contribution in [0.15, 0.2) is 94.7 Å². The van der Waals surface area contributed by atoms with Crippen LogP contribution in [0.1, 0.15) is 33.2 Å². The van der Waals surface area contributed by atoms with Crippen molar-refractivity contribution in [3.63, 3.8) is 0 Å². The van der Waals surface area contributed by atoms with Gasteiger partial charge in [0, 0.05) is 41.7 Å². The number of benzene rings is 3. The fourth-order valence-corrected chi connectivity index (χ4v) is 3.96. The molecule has 0 unspecified atom stereocenters. The molecule has 7 heteroatoms. The average Bonchev–Trinajstić information content (AvgIpc) is 2.89. The van der Waals surface area contributed by atoms with Crippen molar-refractivity contribution in [1.29, 1.82) is 0 Å². The van der Waals surface area contributed by atoms with Crippen molar-refractivity contribution in [2.75, 3.05) is 23.9 Å². The molecule has 4 rings (SSSR count). The highest BCUT2D eigenvalue weighted by Gasteiger charge is 2.20. The summed E-state index contributed by atoms with van der Waals surface area (Å²) in [6.07, 6.45) is 1.65. The summed E-state index contributed by atoms with van der Waals surface area (Å²) in [6.45, 7) is 5.90. The zero-order valence-corrected chi connectivity index (χ0v) is 20.1. The van der Waals surface area contributed by atoms with Crippen molar-refractivity contribution in [3.8, 4) is 5.75 Å². The lowest BCUT2D eigenvalue weighted by Crippen LogP contribution is -2.31. The first-order valence-electron chi connectivity index (χ1n) is 11.4. The molecule has 0 atom stereocenters. The molecule has 182 valence electrons. The summed E-state index contributed by atoms with van der Waals surface area (Å²) in [5.41, 5.74) is 3.09. The molecule has 1 heterocycles. The number of ketones is 1. The number of hydrogen-bond acceptors (Lipinski definition) is 6. The summed E-state index contributed by atoms with van der Waals surface area (Å²) in [5, 5.41) is 4.14. The number of para-hydroxylation sites is 2. The summed E-state index contributed by atoms with van der Waals surface area (Å²) in [6, 6.07) is 20.8. The highest BCUT2D eigenvalue weighted by Crippen LogP contribution is 2.29. The van der Waals surface area contributed by atoms with E-state index in [4.69, 9.17) is 9.15 Å². The second kappa shape index (κ2) is 10.7. The number of carbonyl (C=O) groups excluding carboxylic acids is 2. The van der Waals surface area contributed by atoms with Crippen molar-refractivity contribution in [1.82, 2.24) is 0 Å². The summed E-state index contributed by atoms with van der Waals surface area (Å²) in [5.74, 6) is 0.306. The van der Waals surface area contributed by atoms with Crippen LogP contribution in [0.25, 0.3) is 11.0 Å². The van der Waals surface area contributed by atoms with Gasteiger partial charge in [-0.2, -0.15) is 0 Å². The molecule has 0 bridgehead atoms. The van der Waals surface area contributed by atoms with Gasteiger partial charge in [-0.3, -0.25) is 9.59 Å². The normalized spacial score (nSPS) is 10.6. The molecule has 0 aliphatic rings. The van der Waals surface area contributed by atoms with Crippen molar-refractivity contribution in [2.24, 2.45) is 0 Å². The molecule has 1 aromatic heterocycles. The molecule has 0 saturated heterocycles. The lowest BCUT2D eigenvalue weighted by molar-refractivity contribution is 0.0985. The number of Topliss-reactive ketones (excluding diaryl/α,β-unsaturated/α-hetero) is 1. The number of anilines is 2. The second-order valence-electron chi connectivity index (χ2n) is 8.16. The van der Waals surface area contributed by atoms with Gasteiger partial charge in [0.15, 0.2) is 5.78 Å². The maximum absolute atomic E-state index is 13.4. The molecule has 4 aromatic rings. The maximum atomic E-state index is 13.4. The highest BCUT2D eigenvalue weighted by atomic mass is 16.5. The first-order chi connectivity index (χ1) is 17.4. The number of nitrogens with zero attached hydrogens (tertiary/aromatic N) is 1. The minimum atomic E-state index is -0.460. The zero-order chi connectivity index (χ0) is 25.7. The number of hydrogen-bond donors (Lipinski definition) is 1. The molecule has 0 aliphatic carbocycles. The van der Waals surface area contributed by atoms with E-state index in [0.717, 1.165) is 10.9 Å². The van der Waals surface area contributed by atoms with Crippen molar-refractivity contribution >= 4 is 34.0 Å². The van der Waals surface area contributed by atoms with Gasteiger partial charge in [-0.15, -0.1) is 6.58 Å². The Labute approximate surface area is 208 Å². The SMILES string of the molecule is C=CCN(C(=O)c1ccc(C(C)=O)cc1)c1ccccc1NCc1cc(=O)oc2cc(OC)ccc12. The number of rotatable bonds is 9. The Balaban J connectivity index is 1.65. The first kappa shape index (κ1) is 24.5. The van der Waals surface area contributed by atoms with Crippen LogP contribution in [0.5, 0.6) is 5.75 Å². The van der Waals surface area contributed by atoms with E-state index in [2.05, 4.69) is 11.9 Å². The molecule has 1 amide bonds. The molecule has 7 nitrogen and oxygen atoms in total. The van der Waals surface area contributed by atoms with E-state index >= 15 is 0 Å². The van der Waals surface area contributed by atoms with Gasteiger partial charge in [0.1, 0.15) is 11.3 Å². The van der Waals surface area contributed by atoms with E-state index in [1.54, 1.807) is 48.4 Å². The molecular formula is C29H26N2O5. The third-order valence-electron chi connectivity index (χ3n) is 5.80. The standard InChI is InChI=1S/C29H26N2O5/c1-4-15-31(29(34)21-11-9-20(10-12-21)19(2)32)26-8-6-5-7-25(26)30-18-22-16-28(33)36-27-17-23(35-3)13-14-24(22)27/h4-14,16-17,30H,1,15,18H2,2-3H3. The van der Waals surface area contributed by atoms with Crippen LogP contribution in [0.3, 0.4) is 0 Å². The van der Waals surface area contributed by atoms with E-state index in [-0.39, 0.29) is 18.2 Å². The number of fused-ring (bicyclic) bond motifs is 1. The van der Waals surface area contributed by atoms with Gasteiger partial charge < -0.3 is 19.4 Å². The summed E-state index contributed by atoms with van der Waals surface area (Å²) in [7, 11) is 1.55. The predicted molar refractivity (Wildman–Crippen MR) is 141 cm³/mol. The number of methoxy groups -OCH3 is 1. The van der Waals surface area contributed by atoms with E-state index in [0.29, 0.717) is 40.4 Å². The van der Waals surface area contributed by atoms with Crippen molar-refractivity contribution < 1.29 is 18.7 Å². The molecular weight excluding hydrogens is 456 g/mol. The summed E-state index contributed by atoms with van der Waals surface area (Å²) >= 11 is 0. The van der Waals surface area contributed by atoms with Gasteiger partial charge in [-0.05, 0) is 48.9 Å². The second-order valence-corrected chi connectivity index (χ2v) is 8.16. The predicted octanol–water partition coefficient (Wildman–Crippen LogP) is 5.45. The van der Waals surface area contributed by atoms with E-state index < -0.39 is 5.63 Å². The van der Waals surface area contributed by atoms with Crippen LogP contribution in [0, 0.1) is 0 Å². The fraction of sp³-hybridized carbons (Fsp3) is 0.138. The smallest absolute Gasteiger partial charge is 0.336 e. The first-order valence-corrected chi connectivity index (χ1v) is 11.4. The van der Waals surface area contributed by atoms with Crippen LogP contribution < -0.4 is 20.6 Å². The number of nitrogens with one attached hydrogen (secondary N) is 1. The third kappa shape index (κ3) is 5.20. The van der Waals surface area contributed by atoms with Gasteiger partial charge in [-0.1, -0.05) is 30.3 Å². The van der Waals surface area contributed by atoms with Crippen molar-refractivity contribution in [2.45, 2.75) is 13.5 Å². The third-order valence-corrected chi connectivity index (χ3v) is 5.80. The molecule has 0 saturated carbocycles. The lowest BCUT2D eigenvalue weighted by atomic mass is 10.1. The van der Waals surface area contributed by atoms with E-state index in [1.165, 1.54) is 13.0 Å². The fourth-order valence-electron chi connectivity index (χ4n) is 3.96. The van der Waals surface area contributed by atoms with Crippen LogP contribution in [0.4, 0.5) is 11.4 Å². The zero-order valence-electron chi connectivity index (χ0n) is 20.1. The Morgan fingerprint density at radius 1 is 1.03 bits per heavy atom. The van der Waals surface area contributed by atoms with Crippen molar-refractivity contribution in [3.05, 3.63) is 113 Å². The minimum Gasteiger partial charge on any atom is -0.497 e. The van der Waals surface area contributed by atoms with Crippen LogP contribution >= 0.6 is 0 Å². The Kier molecular flexibility index (Phi) is 7.30. The largest absolute Gasteiger partial charge is 0.497 e. The topological polar surface area (TPSA) is 88.9 Å². The number of amides is 1. The lowest BCUT2D eigenvalue weighted by Gasteiger charge is -2.25. The molecule has 1 N–H and O–H groups in total. The van der Waals surface area contributed by atoms with E-state index in [9.17, 15) is 14.4 Å². The summed E-state index contributed by atoms with van der Waals surface area (Å²) < 4.78 is 10.6.